The molecule has 164 valence electrons. The minimum absolute atomic E-state index is 0.176. The summed E-state index contributed by atoms with van der Waals surface area (Å²) >= 11 is 0. The lowest BCUT2D eigenvalue weighted by Crippen LogP contribution is -2.60. The van der Waals surface area contributed by atoms with Gasteiger partial charge in [-0.2, -0.15) is 5.26 Å². The smallest absolute Gasteiger partial charge is 0.149 e. The van der Waals surface area contributed by atoms with Crippen molar-refractivity contribution in [2.24, 2.45) is 5.41 Å². The molecule has 0 radical (unpaired) electrons. The lowest BCUT2D eigenvalue weighted by Gasteiger charge is -2.46. The second kappa shape index (κ2) is 8.86. The van der Waals surface area contributed by atoms with E-state index < -0.39 is 0 Å². The van der Waals surface area contributed by atoms with E-state index in [2.05, 4.69) is 65.9 Å². The van der Waals surface area contributed by atoms with Crippen LogP contribution in [0.25, 0.3) is 11.3 Å². The molecule has 31 heavy (non-hydrogen) atoms. The van der Waals surface area contributed by atoms with Gasteiger partial charge in [0.05, 0.1) is 23.0 Å². The zero-order chi connectivity index (χ0) is 22.0. The number of benzene rings is 1. The van der Waals surface area contributed by atoms with Crippen molar-refractivity contribution in [3.05, 3.63) is 41.5 Å². The lowest BCUT2D eigenvalue weighted by atomic mass is 9.92. The van der Waals surface area contributed by atoms with E-state index in [1.807, 2.05) is 19.2 Å². The Balaban J connectivity index is 1.59. The maximum Gasteiger partial charge on any atom is 0.149 e. The van der Waals surface area contributed by atoms with E-state index in [1.54, 1.807) is 0 Å². The van der Waals surface area contributed by atoms with E-state index in [0.29, 0.717) is 17.6 Å². The standard InChI is InChI=1S/C25H34N6/c1-25(2,3)16-29-23-10-9-22(30-24(23)27-4)21-11-17(5-6-18(21)12-26)14-31-15-19-7-8-20(31)13-28-19/h5-6,9-11,19-20,28-29H,7-8,13-16H2,1-4H3,(H,27,30). The van der Waals surface area contributed by atoms with Gasteiger partial charge in [-0.25, -0.2) is 4.98 Å². The van der Waals surface area contributed by atoms with Gasteiger partial charge < -0.3 is 16.0 Å². The Labute approximate surface area is 186 Å². The number of rotatable bonds is 6. The molecule has 3 N–H and O–H groups in total. The Morgan fingerprint density at radius 2 is 2.06 bits per heavy atom. The van der Waals surface area contributed by atoms with Crippen LogP contribution in [0.2, 0.25) is 0 Å². The monoisotopic (exact) mass is 418 g/mol. The number of pyridine rings is 1. The van der Waals surface area contributed by atoms with Crippen LogP contribution in [0, 0.1) is 16.7 Å². The van der Waals surface area contributed by atoms with Crippen LogP contribution >= 0.6 is 0 Å². The number of anilines is 2. The Kier molecular flexibility index (Phi) is 6.17. The summed E-state index contributed by atoms with van der Waals surface area (Å²) in [7, 11) is 1.88. The number of piperidine rings is 2. The van der Waals surface area contributed by atoms with Crippen LogP contribution < -0.4 is 16.0 Å². The van der Waals surface area contributed by atoms with Gasteiger partial charge in [0, 0.05) is 50.9 Å². The molecule has 3 fully saturated rings. The van der Waals surface area contributed by atoms with Crippen molar-refractivity contribution < 1.29 is 0 Å². The molecule has 3 aliphatic heterocycles. The Morgan fingerprint density at radius 3 is 2.68 bits per heavy atom. The van der Waals surface area contributed by atoms with Crippen LogP contribution in [0.3, 0.4) is 0 Å². The van der Waals surface area contributed by atoms with Crippen LogP contribution in [-0.4, -0.2) is 48.6 Å². The molecule has 5 rings (SSSR count). The molecular weight excluding hydrogens is 384 g/mol. The number of nitriles is 1. The molecule has 3 aliphatic rings. The Morgan fingerprint density at radius 1 is 1.23 bits per heavy atom. The number of nitrogens with one attached hydrogen (secondary N) is 3. The fourth-order valence-electron chi connectivity index (χ4n) is 4.53. The number of nitrogens with zero attached hydrogens (tertiary/aromatic N) is 3. The molecule has 0 spiro atoms. The van der Waals surface area contributed by atoms with Crippen molar-refractivity contribution in [1.29, 1.82) is 5.26 Å². The molecule has 2 atom stereocenters. The average molecular weight is 419 g/mol. The minimum atomic E-state index is 0.176. The first-order valence-corrected chi connectivity index (χ1v) is 11.3. The molecule has 1 aromatic heterocycles. The summed E-state index contributed by atoms with van der Waals surface area (Å²) in [6, 6.07) is 13.8. The fraction of sp³-hybridized carbons (Fsp3) is 0.520. The van der Waals surface area contributed by atoms with E-state index in [0.717, 1.165) is 48.9 Å². The van der Waals surface area contributed by atoms with Gasteiger partial charge in [0.1, 0.15) is 5.82 Å². The third kappa shape index (κ3) is 5.00. The molecule has 4 heterocycles. The van der Waals surface area contributed by atoms with Crippen molar-refractivity contribution in [3.8, 4) is 17.3 Å². The molecule has 1 aromatic carbocycles. The average Bonchev–Trinajstić information content (AvgIpc) is 2.78. The first-order chi connectivity index (χ1) is 14.9. The lowest BCUT2D eigenvalue weighted by molar-refractivity contribution is 0.0685. The van der Waals surface area contributed by atoms with Crippen LogP contribution in [-0.2, 0) is 6.54 Å². The van der Waals surface area contributed by atoms with E-state index >= 15 is 0 Å². The molecule has 3 saturated heterocycles. The van der Waals surface area contributed by atoms with Gasteiger partial charge in [0.15, 0.2) is 0 Å². The first kappa shape index (κ1) is 21.6. The van der Waals surface area contributed by atoms with Gasteiger partial charge in [-0.3, -0.25) is 4.90 Å². The number of piperazine rings is 1. The molecule has 0 saturated carbocycles. The molecular formula is C25H34N6. The minimum Gasteiger partial charge on any atom is -0.382 e. The SMILES string of the molecule is CNc1nc(-c2cc(CN3CC4CCC3CN4)ccc2C#N)ccc1NCC(C)(C)C. The second-order valence-corrected chi connectivity index (χ2v) is 10.0. The summed E-state index contributed by atoms with van der Waals surface area (Å²) in [5.41, 5.74) is 4.78. The molecule has 6 nitrogen and oxygen atoms in total. The molecule has 0 amide bonds. The number of hydrogen-bond donors (Lipinski definition) is 3. The van der Waals surface area contributed by atoms with Crippen LogP contribution in [0.15, 0.2) is 30.3 Å². The highest BCUT2D eigenvalue weighted by Gasteiger charge is 2.33. The van der Waals surface area contributed by atoms with Gasteiger partial charge in [-0.05, 0) is 48.1 Å². The van der Waals surface area contributed by atoms with E-state index in [1.165, 1.54) is 18.4 Å². The van der Waals surface area contributed by atoms with Crippen molar-refractivity contribution in [2.45, 2.75) is 52.2 Å². The Hall–Kier alpha value is -2.62. The predicted molar refractivity (Wildman–Crippen MR) is 127 cm³/mol. The first-order valence-electron chi connectivity index (χ1n) is 11.3. The highest BCUT2D eigenvalue weighted by atomic mass is 15.2. The largest absolute Gasteiger partial charge is 0.382 e. The molecule has 0 aliphatic carbocycles. The quantitative estimate of drug-likeness (QED) is 0.657. The van der Waals surface area contributed by atoms with Crippen LogP contribution in [0.1, 0.15) is 44.7 Å². The highest BCUT2D eigenvalue weighted by Crippen LogP contribution is 2.30. The second-order valence-electron chi connectivity index (χ2n) is 10.0. The topological polar surface area (TPSA) is 76.0 Å². The van der Waals surface area contributed by atoms with Gasteiger partial charge in [0.2, 0.25) is 0 Å². The fourth-order valence-corrected chi connectivity index (χ4v) is 4.53. The van der Waals surface area contributed by atoms with Crippen LogP contribution in [0.5, 0.6) is 0 Å². The van der Waals surface area contributed by atoms with Gasteiger partial charge in [-0.1, -0.05) is 26.8 Å². The van der Waals surface area contributed by atoms with E-state index in [-0.39, 0.29) is 5.41 Å². The number of hydrogen-bond acceptors (Lipinski definition) is 6. The number of aromatic nitrogens is 1. The summed E-state index contributed by atoms with van der Waals surface area (Å²) in [5, 5.41) is 20.0. The summed E-state index contributed by atoms with van der Waals surface area (Å²) < 4.78 is 0. The third-order valence-corrected chi connectivity index (χ3v) is 6.27. The van der Waals surface area contributed by atoms with Gasteiger partial charge in [0.25, 0.3) is 0 Å². The summed E-state index contributed by atoms with van der Waals surface area (Å²) in [5.74, 6) is 0.801. The third-order valence-electron chi connectivity index (χ3n) is 6.27. The summed E-state index contributed by atoms with van der Waals surface area (Å²) in [6.07, 6.45) is 2.56. The summed E-state index contributed by atoms with van der Waals surface area (Å²) in [4.78, 5) is 7.43. The normalized spacial score (nSPS) is 21.0. The predicted octanol–water partition coefficient (Wildman–Crippen LogP) is 4.06. The van der Waals surface area contributed by atoms with Crippen molar-refractivity contribution in [3.63, 3.8) is 0 Å². The van der Waals surface area contributed by atoms with Crippen molar-refractivity contribution >= 4 is 11.5 Å². The highest BCUT2D eigenvalue weighted by molar-refractivity contribution is 5.74. The van der Waals surface area contributed by atoms with E-state index in [4.69, 9.17) is 4.98 Å². The molecule has 2 aromatic rings. The van der Waals surface area contributed by atoms with Gasteiger partial charge >= 0.3 is 0 Å². The molecule has 2 bridgehead atoms. The molecule has 6 heteroatoms. The zero-order valence-electron chi connectivity index (χ0n) is 19.1. The zero-order valence-corrected chi connectivity index (χ0v) is 19.1. The van der Waals surface area contributed by atoms with Crippen molar-refractivity contribution in [2.75, 3.05) is 37.3 Å². The maximum atomic E-state index is 9.71. The summed E-state index contributed by atoms with van der Waals surface area (Å²) in [6.45, 7) is 10.6. The Bertz CT molecular complexity index is 963. The maximum absolute atomic E-state index is 9.71. The van der Waals surface area contributed by atoms with Crippen molar-refractivity contribution in [1.82, 2.24) is 15.2 Å². The van der Waals surface area contributed by atoms with Crippen LogP contribution in [0.4, 0.5) is 11.5 Å². The van der Waals surface area contributed by atoms with E-state index in [9.17, 15) is 5.26 Å². The van der Waals surface area contributed by atoms with Gasteiger partial charge in [-0.15, -0.1) is 0 Å². The number of fused-ring (bicyclic) bond motifs is 3. The molecule has 2 unspecified atom stereocenters.